The third-order valence-corrected chi connectivity index (χ3v) is 2.76. The number of amides is 1. The van der Waals surface area contributed by atoms with E-state index >= 15 is 0 Å². The van der Waals surface area contributed by atoms with E-state index < -0.39 is 5.97 Å². The highest BCUT2D eigenvalue weighted by atomic mass is 16.4. The average molecular weight is 213 g/mol. The van der Waals surface area contributed by atoms with Crippen molar-refractivity contribution in [2.75, 3.05) is 0 Å². The standard InChI is InChI=1S/C11H19NO3/c13-10-7-3-1-5-9(12-10)6-2-4-8-11(14)15/h9H,1-8H2,(H,12,13)(H,14,15). The van der Waals surface area contributed by atoms with Crippen LogP contribution in [0.3, 0.4) is 0 Å². The van der Waals surface area contributed by atoms with Crippen LogP contribution in [0.2, 0.25) is 0 Å². The second kappa shape index (κ2) is 6.43. The Labute approximate surface area is 90.0 Å². The summed E-state index contributed by atoms with van der Waals surface area (Å²) in [7, 11) is 0. The fourth-order valence-corrected chi connectivity index (χ4v) is 1.93. The monoisotopic (exact) mass is 213 g/mol. The third kappa shape index (κ3) is 5.40. The molecule has 1 aliphatic heterocycles. The topological polar surface area (TPSA) is 66.4 Å². The Bertz CT molecular complexity index is 228. The zero-order valence-electron chi connectivity index (χ0n) is 9.00. The Kier molecular flexibility index (Phi) is 5.15. The first kappa shape index (κ1) is 12.0. The summed E-state index contributed by atoms with van der Waals surface area (Å²) in [4.78, 5) is 21.5. The fourth-order valence-electron chi connectivity index (χ4n) is 1.93. The number of aliphatic carboxylic acids is 1. The number of unbranched alkanes of at least 4 members (excludes halogenated alkanes) is 1. The first-order chi connectivity index (χ1) is 7.18. The summed E-state index contributed by atoms with van der Waals surface area (Å²) in [5.74, 6) is -0.587. The van der Waals surface area contributed by atoms with Crippen molar-refractivity contribution in [2.45, 2.75) is 57.4 Å². The van der Waals surface area contributed by atoms with E-state index in [1.807, 2.05) is 0 Å². The van der Waals surface area contributed by atoms with Gasteiger partial charge >= 0.3 is 5.97 Å². The van der Waals surface area contributed by atoms with Crippen LogP contribution in [-0.4, -0.2) is 23.0 Å². The van der Waals surface area contributed by atoms with E-state index in [1.54, 1.807) is 0 Å². The summed E-state index contributed by atoms with van der Waals surface area (Å²) in [6.45, 7) is 0. The summed E-state index contributed by atoms with van der Waals surface area (Å²) < 4.78 is 0. The van der Waals surface area contributed by atoms with Crippen LogP contribution in [0, 0.1) is 0 Å². The van der Waals surface area contributed by atoms with Crippen LogP contribution in [0.5, 0.6) is 0 Å². The van der Waals surface area contributed by atoms with E-state index in [0.29, 0.717) is 12.8 Å². The molecule has 0 aromatic heterocycles. The molecule has 0 bridgehead atoms. The van der Waals surface area contributed by atoms with Gasteiger partial charge in [0.2, 0.25) is 5.91 Å². The first-order valence-corrected chi connectivity index (χ1v) is 5.69. The van der Waals surface area contributed by atoms with Crippen molar-refractivity contribution in [1.82, 2.24) is 5.32 Å². The normalized spacial score (nSPS) is 21.9. The summed E-state index contributed by atoms with van der Waals surface area (Å²) in [5.41, 5.74) is 0. The number of hydrogen-bond acceptors (Lipinski definition) is 2. The Hall–Kier alpha value is -1.06. The SMILES string of the molecule is O=C(O)CCCCC1CCCCC(=O)N1. The van der Waals surface area contributed by atoms with E-state index in [-0.39, 0.29) is 18.4 Å². The minimum Gasteiger partial charge on any atom is -0.481 e. The second-order valence-corrected chi connectivity index (χ2v) is 4.15. The van der Waals surface area contributed by atoms with Crippen LogP contribution in [-0.2, 0) is 9.59 Å². The van der Waals surface area contributed by atoms with Gasteiger partial charge in [0.05, 0.1) is 0 Å². The maximum Gasteiger partial charge on any atom is 0.303 e. The van der Waals surface area contributed by atoms with E-state index in [1.165, 1.54) is 0 Å². The Balaban J connectivity index is 2.13. The summed E-state index contributed by atoms with van der Waals surface area (Å²) in [5, 5.41) is 11.4. The van der Waals surface area contributed by atoms with E-state index in [4.69, 9.17) is 5.11 Å². The molecular formula is C11H19NO3. The molecule has 1 saturated heterocycles. The molecule has 1 heterocycles. The molecule has 1 amide bonds. The van der Waals surface area contributed by atoms with Gasteiger partial charge in [-0.2, -0.15) is 0 Å². The minimum absolute atomic E-state index is 0.149. The van der Waals surface area contributed by atoms with Crippen molar-refractivity contribution in [3.8, 4) is 0 Å². The molecule has 4 nitrogen and oxygen atoms in total. The lowest BCUT2D eigenvalue weighted by Gasteiger charge is -2.14. The van der Waals surface area contributed by atoms with Gasteiger partial charge in [0, 0.05) is 18.9 Å². The molecule has 0 aliphatic carbocycles. The Morgan fingerprint density at radius 1 is 1.40 bits per heavy atom. The van der Waals surface area contributed by atoms with Crippen molar-refractivity contribution in [1.29, 1.82) is 0 Å². The quantitative estimate of drug-likeness (QED) is 0.683. The smallest absolute Gasteiger partial charge is 0.303 e. The van der Waals surface area contributed by atoms with Crippen molar-refractivity contribution in [2.24, 2.45) is 0 Å². The van der Waals surface area contributed by atoms with Gasteiger partial charge in [-0.3, -0.25) is 9.59 Å². The van der Waals surface area contributed by atoms with Gasteiger partial charge in [-0.25, -0.2) is 0 Å². The van der Waals surface area contributed by atoms with E-state index in [9.17, 15) is 9.59 Å². The number of carbonyl (C=O) groups is 2. The number of hydrogen-bond donors (Lipinski definition) is 2. The molecule has 1 fully saturated rings. The summed E-state index contributed by atoms with van der Waals surface area (Å²) >= 11 is 0. The van der Waals surface area contributed by atoms with Gasteiger partial charge in [0.1, 0.15) is 0 Å². The molecule has 0 aromatic rings. The fraction of sp³-hybridized carbons (Fsp3) is 0.818. The maximum absolute atomic E-state index is 11.2. The van der Waals surface area contributed by atoms with Gasteiger partial charge in [0.15, 0.2) is 0 Å². The highest BCUT2D eigenvalue weighted by Gasteiger charge is 2.15. The van der Waals surface area contributed by atoms with Crippen LogP contribution < -0.4 is 5.32 Å². The largest absolute Gasteiger partial charge is 0.481 e. The molecule has 0 radical (unpaired) electrons. The molecule has 4 heteroatoms. The van der Waals surface area contributed by atoms with Crippen LogP contribution in [0.25, 0.3) is 0 Å². The lowest BCUT2D eigenvalue weighted by Crippen LogP contribution is -2.32. The maximum atomic E-state index is 11.2. The Morgan fingerprint density at radius 3 is 2.93 bits per heavy atom. The molecule has 2 N–H and O–H groups in total. The molecule has 15 heavy (non-hydrogen) atoms. The van der Waals surface area contributed by atoms with Crippen molar-refractivity contribution >= 4 is 11.9 Å². The number of carboxylic acid groups (broad SMARTS) is 1. The lowest BCUT2D eigenvalue weighted by molar-refractivity contribution is -0.137. The Morgan fingerprint density at radius 2 is 2.20 bits per heavy atom. The van der Waals surface area contributed by atoms with Gasteiger partial charge in [-0.05, 0) is 25.7 Å². The van der Waals surface area contributed by atoms with Crippen LogP contribution in [0.1, 0.15) is 51.4 Å². The number of carboxylic acids is 1. The van der Waals surface area contributed by atoms with Gasteiger partial charge < -0.3 is 10.4 Å². The third-order valence-electron chi connectivity index (χ3n) is 2.76. The van der Waals surface area contributed by atoms with Crippen LogP contribution >= 0.6 is 0 Å². The highest BCUT2D eigenvalue weighted by Crippen LogP contribution is 2.14. The zero-order valence-corrected chi connectivity index (χ0v) is 9.00. The number of nitrogens with one attached hydrogen (secondary N) is 1. The van der Waals surface area contributed by atoms with E-state index in [2.05, 4.69) is 5.32 Å². The minimum atomic E-state index is -0.736. The molecule has 0 aromatic carbocycles. The molecule has 86 valence electrons. The molecule has 1 rings (SSSR count). The lowest BCUT2D eigenvalue weighted by atomic mass is 10.0. The second-order valence-electron chi connectivity index (χ2n) is 4.15. The zero-order chi connectivity index (χ0) is 11.1. The molecule has 1 aliphatic rings. The molecule has 0 saturated carbocycles. The van der Waals surface area contributed by atoms with E-state index in [0.717, 1.165) is 32.1 Å². The molecule has 1 atom stereocenters. The van der Waals surface area contributed by atoms with Crippen LogP contribution in [0.4, 0.5) is 0 Å². The molecule has 0 spiro atoms. The van der Waals surface area contributed by atoms with Crippen molar-refractivity contribution < 1.29 is 14.7 Å². The number of rotatable bonds is 5. The molecule has 1 unspecified atom stereocenters. The predicted molar refractivity (Wildman–Crippen MR) is 56.5 cm³/mol. The van der Waals surface area contributed by atoms with Gasteiger partial charge in [-0.1, -0.05) is 12.8 Å². The van der Waals surface area contributed by atoms with Crippen molar-refractivity contribution in [3.63, 3.8) is 0 Å². The van der Waals surface area contributed by atoms with Gasteiger partial charge in [-0.15, -0.1) is 0 Å². The summed E-state index contributed by atoms with van der Waals surface area (Å²) in [6.07, 6.45) is 6.52. The van der Waals surface area contributed by atoms with Crippen LogP contribution in [0.15, 0.2) is 0 Å². The summed E-state index contributed by atoms with van der Waals surface area (Å²) in [6, 6.07) is 0.272. The first-order valence-electron chi connectivity index (χ1n) is 5.69. The average Bonchev–Trinajstić information content (AvgIpc) is 2.37. The highest BCUT2D eigenvalue weighted by molar-refractivity contribution is 5.76. The van der Waals surface area contributed by atoms with Gasteiger partial charge in [0.25, 0.3) is 0 Å². The van der Waals surface area contributed by atoms with Crippen molar-refractivity contribution in [3.05, 3.63) is 0 Å². The number of carbonyl (C=O) groups excluding carboxylic acids is 1. The molecular weight excluding hydrogens is 194 g/mol. The predicted octanol–water partition coefficient (Wildman–Crippen LogP) is 1.69.